The molecule has 0 saturated heterocycles. The molecule has 2 atom stereocenters. The van der Waals surface area contributed by atoms with Gasteiger partial charge in [-0.2, -0.15) is 0 Å². The summed E-state index contributed by atoms with van der Waals surface area (Å²) in [6.45, 7) is 8.74. The van der Waals surface area contributed by atoms with Gasteiger partial charge in [-0.1, -0.05) is 137 Å². The van der Waals surface area contributed by atoms with Gasteiger partial charge in [0.15, 0.2) is 5.60 Å². The fraction of sp³-hybridized carbons (Fsp3) is 0.912. The zero-order chi connectivity index (χ0) is 30.6. The second-order valence-electron chi connectivity index (χ2n) is 11.6. The lowest BCUT2D eigenvalue weighted by atomic mass is 9.80. The Morgan fingerprint density at radius 2 is 0.927 bits per heavy atom. The number of carbonyl (C=O) groups excluding carboxylic acids is 3. The number of unbranched alkanes of at least 4 members (excludes halogenated alkanes) is 16. The highest BCUT2D eigenvalue weighted by atomic mass is 16.6. The Hall–Kier alpha value is -1.63. The molecule has 0 heterocycles. The summed E-state index contributed by atoms with van der Waals surface area (Å²) in [5, 5.41) is 11.6. The van der Waals surface area contributed by atoms with Crippen LogP contribution in [0.15, 0.2) is 0 Å². The van der Waals surface area contributed by atoms with E-state index in [4.69, 9.17) is 14.2 Å². The van der Waals surface area contributed by atoms with Crippen LogP contribution in [0.4, 0.5) is 0 Å². The van der Waals surface area contributed by atoms with E-state index >= 15 is 0 Å². The molecule has 0 aliphatic carbocycles. The minimum absolute atomic E-state index is 0.124. The van der Waals surface area contributed by atoms with Crippen LogP contribution < -0.4 is 0 Å². The molecule has 7 heteroatoms. The average molecular weight is 585 g/mol. The molecule has 0 aromatic rings. The van der Waals surface area contributed by atoms with Crippen LogP contribution in [0.3, 0.4) is 0 Å². The third kappa shape index (κ3) is 20.0. The molecular weight excluding hydrogens is 520 g/mol. The number of carbonyl (C=O) groups is 3. The molecule has 7 nitrogen and oxygen atoms in total. The minimum atomic E-state index is -2.31. The van der Waals surface area contributed by atoms with Crippen LogP contribution in [0, 0.1) is 5.92 Å². The lowest BCUT2D eigenvalue weighted by Crippen LogP contribution is -2.52. The first kappa shape index (κ1) is 39.4. The second-order valence-corrected chi connectivity index (χ2v) is 11.6. The molecular formula is C34H64O7. The van der Waals surface area contributed by atoms with Crippen LogP contribution in [0.5, 0.6) is 0 Å². The van der Waals surface area contributed by atoms with Gasteiger partial charge < -0.3 is 19.3 Å². The highest BCUT2D eigenvalue weighted by Crippen LogP contribution is 2.31. The van der Waals surface area contributed by atoms with Gasteiger partial charge in [-0.3, -0.25) is 9.59 Å². The zero-order valence-electron chi connectivity index (χ0n) is 27.2. The quantitative estimate of drug-likeness (QED) is 0.0533. The Bertz CT molecular complexity index is 651. The van der Waals surface area contributed by atoms with Gasteiger partial charge in [0.05, 0.1) is 32.2 Å². The summed E-state index contributed by atoms with van der Waals surface area (Å²) in [6, 6.07) is 0. The van der Waals surface area contributed by atoms with Gasteiger partial charge in [-0.15, -0.1) is 0 Å². The van der Waals surface area contributed by atoms with Gasteiger partial charge in [0.25, 0.3) is 0 Å². The van der Waals surface area contributed by atoms with Crippen molar-refractivity contribution >= 4 is 17.9 Å². The van der Waals surface area contributed by atoms with E-state index in [-0.39, 0.29) is 26.2 Å². The minimum Gasteiger partial charge on any atom is -0.466 e. The summed E-state index contributed by atoms with van der Waals surface area (Å²) >= 11 is 0. The normalized spacial score (nSPS) is 13.4. The number of hydrogen-bond acceptors (Lipinski definition) is 7. The summed E-state index contributed by atoms with van der Waals surface area (Å²) in [5.41, 5.74) is -2.31. The molecule has 0 radical (unpaired) electrons. The van der Waals surface area contributed by atoms with E-state index in [2.05, 4.69) is 6.92 Å². The maximum atomic E-state index is 13.2. The molecule has 0 spiro atoms. The highest BCUT2D eigenvalue weighted by Gasteiger charge is 2.51. The fourth-order valence-corrected chi connectivity index (χ4v) is 4.89. The van der Waals surface area contributed by atoms with Crippen LogP contribution >= 0.6 is 0 Å². The zero-order valence-corrected chi connectivity index (χ0v) is 27.2. The molecule has 0 saturated carbocycles. The summed E-state index contributed by atoms with van der Waals surface area (Å²) < 4.78 is 16.1. The molecule has 0 bridgehead atoms. The van der Waals surface area contributed by atoms with E-state index in [1.165, 1.54) is 64.2 Å². The van der Waals surface area contributed by atoms with Crippen molar-refractivity contribution in [1.82, 2.24) is 0 Å². The van der Waals surface area contributed by atoms with Crippen molar-refractivity contribution in [3.05, 3.63) is 0 Å². The fourth-order valence-electron chi connectivity index (χ4n) is 4.89. The first-order valence-corrected chi connectivity index (χ1v) is 17.1. The van der Waals surface area contributed by atoms with Crippen molar-refractivity contribution in [2.24, 2.45) is 5.92 Å². The van der Waals surface area contributed by atoms with Gasteiger partial charge in [0.2, 0.25) is 0 Å². The Balaban J connectivity index is 4.97. The van der Waals surface area contributed by atoms with E-state index in [9.17, 15) is 19.5 Å². The van der Waals surface area contributed by atoms with Gasteiger partial charge in [0, 0.05) is 0 Å². The van der Waals surface area contributed by atoms with Gasteiger partial charge in [-0.25, -0.2) is 4.79 Å². The van der Waals surface area contributed by atoms with E-state index in [1.807, 2.05) is 20.8 Å². The molecule has 1 N–H and O–H groups in total. The van der Waals surface area contributed by atoms with Crippen molar-refractivity contribution in [2.45, 2.75) is 175 Å². The Morgan fingerprint density at radius 1 is 0.537 bits per heavy atom. The SMILES string of the molecule is CCCCCCCCCCCCCCCCC(C(=O)OCCCC)C(O)(CC(=O)OCCCC)C(=O)OCCCC. The standard InChI is InChI=1S/C34H64O7/c1-5-9-13-14-15-16-17-18-19-20-21-22-23-24-25-30(32(36)40-27-11-7-3)34(38,33(37)41-28-12-8-4)29-31(35)39-26-10-6-2/h30,38H,5-29H2,1-4H3. The van der Waals surface area contributed by atoms with Crippen LogP contribution in [0.2, 0.25) is 0 Å². The number of rotatable bonds is 29. The van der Waals surface area contributed by atoms with Gasteiger partial charge >= 0.3 is 17.9 Å². The van der Waals surface area contributed by atoms with Gasteiger partial charge in [0.1, 0.15) is 0 Å². The molecule has 0 fully saturated rings. The van der Waals surface area contributed by atoms with Crippen molar-refractivity contribution < 1.29 is 33.7 Å². The predicted molar refractivity (Wildman–Crippen MR) is 166 cm³/mol. The molecule has 0 aliphatic heterocycles. The van der Waals surface area contributed by atoms with Crippen LogP contribution in [0.25, 0.3) is 0 Å². The topological polar surface area (TPSA) is 99.1 Å². The largest absolute Gasteiger partial charge is 0.466 e. The molecule has 0 rings (SSSR count). The molecule has 0 aromatic carbocycles. The van der Waals surface area contributed by atoms with Crippen LogP contribution in [0.1, 0.15) is 169 Å². The maximum absolute atomic E-state index is 13.2. The average Bonchev–Trinajstić information content (AvgIpc) is 2.95. The van der Waals surface area contributed by atoms with Crippen molar-refractivity contribution in [1.29, 1.82) is 0 Å². The van der Waals surface area contributed by atoms with Crippen LogP contribution in [-0.2, 0) is 28.6 Å². The number of esters is 3. The second kappa shape index (κ2) is 27.2. The highest BCUT2D eigenvalue weighted by molar-refractivity contribution is 5.91. The lowest BCUT2D eigenvalue weighted by molar-refractivity contribution is -0.187. The van der Waals surface area contributed by atoms with Crippen molar-refractivity contribution in [3.63, 3.8) is 0 Å². The van der Waals surface area contributed by atoms with Crippen molar-refractivity contribution in [2.75, 3.05) is 19.8 Å². The van der Waals surface area contributed by atoms with E-state index in [1.54, 1.807) is 0 Å². The Kier molecular flexibility index (Phi) is 26.1. The maximum Gasteiger partial charge on any atom is 0.339 e. The summed E-state index contributed by atoms with van der Waals surface area (Å²) in [4.78, 5) is 38.9. The van der Waals surface area contributed by atoms with Crippen LogP contribution in [-0.4, -0.2) is 48.4 Å². The Morgan fingerprint density at radius 3 is 1.39 bits per heavy atom. The van der Waals surface area contributed by atoms with E-state index in [0.717, 1.165) is 38.5 Å². The summed E-state index contributed by atoms with van der Waals surface area (Å²) in [7, 11) is 0. The number of aliphatic hydroxyl groups is 1. The first-order chi connectivity index (χ1) is 19.9. The summed E-state index contributed by atoms with van der Waals surface area (Å²) in [6.07, 6.45) is 21.0. The summed E-state index contributed by atoms with van der Waals surface area (Å²) in [5.74, 6) is -3.48. The van der Waals surface area contributed by atoms with Gasteiger partial charge in [-0.05, 0) is 25.7 Å². The smallest absolute Gasteiger partial charge is 0.339 e. The molecule has 0 aromatic heterocycles. The van der Waals surface area contributed by atoms with E-state index in [0.29, 0.717) is 25.7 Å². The molecule has 0 amide bonds. The number of ether oxygens (including phenoxy) is 3. The third-order valence-corrected chi connectivity index (χ3v) is 7.71. The third-order valence-electron chi connectivity index (χ3n) is 7.71. The predicted octanol–water partition coefficient (Wildman–Crippen LogP) is 8.63. The molecule has 2 unspecified atom stereocenters. The van der Waals surface area contributed by atoms with E-state index < -0.39 is 35.8 Å². The van der Waals surface area contributed by atoms with Crippen molar-refractivity contribution in [3.8, 4) is 0 Å². The molecule has 41 heavy (non-hydrogen) atoms. The number of hydrogen-bond donors (Lipinski definition) is 1. The monoisotopic (exact) mass is 584 g/mol. The molecule has 0 aliphatic rings. The molecule has 242 valence electrons. The Labute approximate surface area is 251 Å². The lowest BCUT2D eigenvalue weighted by Gasteiger charge is -2.32. The first-order valence-electron chi connectivity index (χ1n) is 17.1.